The Bertz CT molecular complexity index is 1150. The first-order valence-corrected chi connectivity index (χ1v) is 13.6. The fraction of sp³-hybridized carbons (Fsp3) is 0.438. The van der Waals surface area contributed by atoms with Crippen molar-refractivity contribution >= 4 is 0 Å². The predicted octanol–water partition coefficient (Wildman–Crippen LogP) is 9.21. The Hall–Kier alpha value is -2.63. The molecule has 3 aromatic rings. The van der Waals surface area contributed by atoms with Gasteiger partial charge < -0.3 is 9.47 Å². The Morgan fingerprint density at radius 2 is 1.32 bits per heavy atom. The summed E-state index contributed by atoms with van der Waals surface area (Å²) in [6.45, 7) is 4.86. The first-order chi connectivity index (χ1) is 18.0. The van der Waals surface area contributed by atoms with E-state index < -0.39 is 11.6 Å². The molecule has 5 heteroatoms. The van der Waals surface area contributed by atoms with Crippen molar-refractivity contribution in [3.63, 3.8) is 0 Å². The molecule has 198 valence electrons. The molecule has 0 atom stereocenters. The first-order valence-electron chi connectivity index (χ1n) is 13.6. The van der Waals surface area contributed by atoms with Crippen molar-refractivity contribution in [2.24, 2.45) is 0 Å². The minimum Gasteiger partial charge on any atom is -0.352 e. The number of benzene rings is 3. The van der Waals surface area contributed by atoms with Gasteiger partial charge in [0, 0.05) is 11.5 Å². The zero-order valence-electron chi connectivity index (χ0n) is 21.9. The zero-order chi connectivity index (χ0) is 26.2. The molecule has 0 amide bonds. The Morgan fingerprint density at radius 1 is 0.703 bits per heavy atom. The molecule has 1 saturated heterocycles. The molecule has 3 aromatic carbocycles. The molecule has 0 unspecified atom stereocenters. The average molecular weight is 511 g/mol. The van der Waals surface area contributed by atoms with E-state index in [9.17, 15) is 13.2 Å². The van der Waals surface area contributed by atoms with E-state index in [0.29, 0.717) is 36.3 Å². The summed E-state index contributed by atoms with van der Waals surface area (Å²) in [5, 5.41) is 0. The van der Waals surface area contributed by atoms with E-state index in [-0.39, 0.29) is 23.6 Å². The van der Waals surface area contributed by atoms with E-state index in [1.165, 1.54) is 31.7 Å². The molecule has 37 heavy (non-hydrogen) atoms. The van der Waals surface area contributed by atoms with E-state index >= 15 is 0 Å². The quantitative estimate of drug-likeness (QED) is 0.239. The maximum absolute atomic E-state index is 14.9. The van der Waals surface area contributed by atoms with E-state index in [0.717, 1.165) is 30.4 Å². The van der Waals surface area contributed by atoms with Crippen LogP contribution in [-0.2, 0) is 15.9 Å². The lowest BCUT2D eigenvalue weighted by Gasteiger charge is -2.27. The molecule has 0 saturated carbocycles. The van der Waals surface area contributed by atoms with Crippen LogP contribution >= 0.6 is 0 Å². The Balaban J connectivity index is 1.40. The fourth-order valence-electron chi connectivity index (χ4n) is 4.94. The van der Waals surface area contributed by atoms with Gasteiger partial charge in [-0.1, -0.05) is 94.0 Å². The van der Waals surface area contributed by atoms with E-state index in [4.69, 9.17) is 9.47 Å². The van der Waals surface area contributed by atoms with E-state index in [2.05, 4.69) is 6.92 Å². The highest BCUT2D eigenvalue weighted by atomic mass is 19.2. The lowest BCUT2D eigenvalue weighted by atomic mass is 9.94. The van der Waals surface area contributed by atoms with Gasteiger partial charge in [0.25, 0.3) is 0 Å². The second-order valence-electron chi connectivity index (χ2n) is 10.0. The van der Waals surface area contributed by atoms with Crippen molar-refractivity contribution in [3.05, 3.63) is 83.2 Å². The molecule has 0 aromatic heterocycles. The number of unbranched alkanes of at least 4 members (excludes halogenated alkanes) is 6. The summed E-state index contributed by atoms with van der Waals surface area (Å²) >= 11 is 0. The number of halogens is 3. The molecule has 1 aliphatic heterocycles. The summed E-state index contributed by atoms with van der Waals surface area (Å²) in [6.07, 6.45) is 8.27. The van der Waals surface area contributed by atoms with Gasteiger partial charge in [-0.25, -0.2) is 13.2 Å². The third-order valence-corrected chi connectivity index (χ3v) is 7.25. The maximum atomic E-state index is 14.9. The summed E-state index contributed by atoms with van der Waals surface area (Å²) in [6, 6.07) is 15.6. The normalized spacial score (nSPS) is 17.8. The van der Waals surface area contributed by atoms with Gasteiger partial charge >= 0.3 is 0 Å². The van der Waals surface area contributed by atoms with Crippen LogP contribution in [0.2, 0.25) is 0 Å². The van der Waals surface area contributed by atoms with Crippen LogP contribution in [-0.4, -0.2) is 19.5 Å². The van der Waals surface area contributed by atoms with Crippen LogP contribution in [0.15, 0.2) is 54.6 Å². The molecule has 1 fully saturated rings. The third-order valence-electron chi connectivity index (χ3n) is 7.25. The Labute approximate surface area is 218 Å². The van der Waals surface area contributed by atoms with Crippen molar-refractivity contribution in [1.29, 1.82) is 0 Å². The molecule has 0 aliphatic carbocycles. The highest BCUT2D eigenvalue weighted by Gasteiger charge is 2.23. The van der Waals surface area contributed by atoms with Gasteiger partial charge in [-0.2, -0.15) is 0 Å². The first kappa shape index (κ1) is 27.4. The van der Waals surface area contributed by atoms with Crippen LogP contribution in [0.5, 0.6) is 0 Å². The van der Waals surface area contributed by atoms with Gasteiger partial charge in [-0.3, -0.25) is 0 Å². The van der Waals surface area contributed by atoms with Crippen LogP contribution in [0.4, 0.5) is 13.2 Å². The van der Waals surface area contributed by atoms with Gasteiger partial charge in [0.05, 0.1) is 13.2 Å². The molecule has 4 rings (SSSR count). The van der Waals surface area contributed by atoms with Crippen LogP contribution in [0.3, 0.4) is 0 Å². The van der Waals surface area contributed by atoms with E-state index in [1.54, 1.807) is 30.3 Å². The lowest BCUT2D eigenvalue weighted by Crippen LogP contribution is -2.29. The highest BCUT2D eigenvalue weighted by molar-refractivity contribution is 5.71. The molecular formula is C32H37F3O2. The topological polar surface area (TPSA) is 18.5 Å². The third kappa shape index (κ3) is 7.03. The van der Waals surface area contributed by atoms with Crippen molar-refractivity contribution < 1.29 is 22.6 Å². The predicted molar refractivity (Wildman–Crippen MR) is 143 cm³/mol. The number of hydrogen-bond acceptors (Lipinski definition) is 2. The molecule has 0 N–H and O–H groups in total. The molecular weight excluding hydrogens is 473 g/mol. The van der Waals surface area contributed by atoms with E-state index in [1.807, 2.05) is 25.1 Å². The molecule has 0 spiro atoms. The minimum absolute atomic E-state index is 0.140. The van der Waals surface area contributed by atoms with Gasteiger partial charge in [-0.15, -0.1) is 0 Å². The monoisotopic (exact) mass is 510 g/mol. The van der Waals surface area contributed by atoms with Crippen LogP contribution in [0.25, 0.3) is 22.3 Å². The van der Waals surface area contributed by atoms with Gasteiger partial charge in [-0.05, 0) is 53.6 Å². The smallest absolute Gasteiger partial charge is 0.166 e. The summed E-state index contributed by atoms with van der Waals surface area (Å²) in [7, 11) is 0. The van der Waals surface area contributed by atoms with Crippen LogP contribution in [0.1, 0.15) is 75.8 Å². The highest BCUT2D eigenvalue weighted by Crippen LogP contribution is 2.32. The largest absolute Gasteiger partial charge is 0.352 e. The summed E-state index contributed by atoms with van der Waals surface area (Å²) in [5.41, 5.74) is 3.35. The maximum Gasteiger partial charge on any atom is 0.166 e. The second kappa shape index (κ2) is 13.3. The standard InChI is InChI=1S/C32H37F3O2/c1-3-4-5-6-7-8-9-10-25-15-18-29(32(35)31(25)34)24-13-11-23(12-14-24)26-16-17-28(30(33)19-26)27-20-36-22(2)37-21-27/h11-19,22,27H,3-10,20-21H2,1-2H3. The van der Waals surface area contributed by atoms with Crippen LogP contribution in [0, 0.1) is 17.5 Å². The number of ether oxygens (including phenoxy) is 2. The molecule has 2 nitrogen and oxygen atoms in total. The fourth-order valence-corrected chi connectivity index (χ4v) is 4.94. The molecule has 0 radical (unpaired) electrons. The molecule has 1 heterocycles. The molecule has 1 aliphatic rings. The zero-order valence-corrected chi connectivity index (χ0v) is 21.9. The van der Waals surface area contributed by atoms with Gasteiger partial charge in [0.2, 0.25) is 0 Å². The molecule has 0 bridgehead atoms. The second-order valence-corrected chi connectivity index (χ2v) is 10.0. The van der Waals surface area contributed by atoms with Crippen LogP contribution < -0.4 is 0 Å². The van der Waals surface area contributed by atoms with Crippen molar-refractivity contribution in [1.82, 2.24) is 0 Å². The van der Waals surface area contributed by atoms with Crippen molar-refractivity contribution in [3.8, 4) is 22.3 Å². The Kier molecular flexibility index (Phi) is 9.81. The SMILES string of the molecule is CCCCCCCCCc1ccc(-c2ccc(-c3ccc(C4COC(C)OC4)c(F)c3)cc2)c(F)c1F. The van der Waals surface area contributed by atoms with Crippen molar-refractivity contribution in [2.45, 2.75) is 77.4 Å². The number of hydrogen-bond donors (Lipinski definition) is 0. The summed E-state index contributed by atoms with van der Waals surface area (Å²) in [4.78, 5) is 0. The summed E-state index contributed by atoms with van der Waals surface area (Å²) in [5.74, 6) is -2.01. The van der Waals surface area contributed by atoms with Crippen molar-refractivity contribution in [2.75, 3.05) is 13.2 Å². The minimum atomic E-state index is -0.810. The Morgan fingerprint density at radius 3 is 2.00 bits per heavy atom. The number of rotatable bonds is 11. The lowest BCUT2D eigenvalue weighted by molar-refractivity contribution is -0.176. The van der Waals surface area contributed by atoms with Gasteiger partial charge in [0.1, 0.15) is 5.82 Å². The van der Waals surface area contributed by atoms with Gasteiger partial charge in [0.15, 0.2) is 17.9 Å². The average Bonchev–Trinajstić information content (AvgIpc) is 2.91. The summed E-state index contributed by atoms with van der Waals surface area (Å²) < 4.78 is 55.6. The number of aryl methyl sites for hydroxylation is 1.